The monoisotopic (exact) mass is 454 g/mol. The van der Waals surface area contributed by atoms with Crippen molar-refractivity contribution >= 4 is 23.3 Å². The lowest BCUT2D eigenvalue weighted by Crippen LogP contribution is -2.50. The van der Waals surface area contributed by atoms with E-state index in [0.717, 1.165) is 63.8 Å². The van der Waals surface area contributed by atoms with Gasteiger partial charge in [0, 0.05) is 37.8 Å². The quantitative estimate of drug-likeness (QED) is 0.600. The highest BCUT2D eigenvalue weighted by Gasteiger charge is 2.51. The minimum atomic E-state index is -4.49. The van der Waals surface area contributed by atoms with Crippen LogP contribution in [-0.2, 0) is 11.0 Å². The SMILES string of the molecule is [C-]#[N+]CC1CCC(N2CC[C@@]3(CCCN(c4ncc(C(F)(F)F)cc4Cl)C3)C2=O)CC1. The van der Waals surface area contributed by atoms with Crippen molar-refractivity contribution in [1.29, 1.82) is 0 Å². The van der Waals surface area contributed by atoms with E-state index >= 15 is 0 Å². The molecule has 2 saturated heterocycles. The number of hydrogen-bond donors (Lipinski definition) is 0. The van der Waals surface area contributed by atoms with E-state index in [9.17, 15) is 18.0 Å². The van der Waals surface area contributed by atoms with Gasteiger partial charge >= 0.3 is 6.18 Å². The van der Waals surface area contributed by atoms with Gasteiger partial charge in [0.2, 0.25) is 12.5 Å². The molecule has 3 heterocycles. The summed E-state index contributed by atoms with van der Waals surface area (Å²) in [4.78, 5) is 24.9. The number of rotatable bonds is 3. The third-order valence-corrected chi connectivity index (χ3v) is 7.46. The molecule has 31 heavy (non-hydrogen) atoms. The molecular weight excluding hydrogens is 429 g/mol. The van der Waals surface area contributed by atoms with Crippen molar-refractivity contribution in [3.63, 3.8) is 0 Å². The van der Waals surface area contributed by atoms with E-state index in [0.29, 0.717) is 31.4 Å². The van der Waals surface area contributed by atoms with Gasteiger partial charge in [0.15, 0.2) is 0 Å². The molecule has 1 atom stereocenters. The summed E-state index contributed by atoms with van der Waals surface area (Å²) in [6.45, 7) is 9.40. The molecule has 0 bridgehead atoms. The molecule has 1 aromatic rings. The van der Waals surface area contributed by atoms with Gasteiger partial charge in [-0.2, -0.15) is 13.2 Å². The van der Waals surface area contributed by atoms with Crippen molar-refractivity contribution < 1.29 is 18.0 Å². The number of carbonyl (C=O) groups is 1. The number of likely N-dealkylation sites (tertiary alicyclic amines) is 1. The van der Waals surface area contributed by atoms with E-state index in [-0.39, 0.29) is 17.0 Å². The van der Waals surface area contributed by atoms with Crippen LogP contribution >= 0.6 is 11.6 Å². The van der Waals surface area contributed by atoms with Crippen molar-refractivity contribution in [2.24, 2.45) is 11.3 Å². The summed E-state index contributed by atoms with van der Waals surface area (Å²) in [5.74, 6) is 0.923. The number of nitrogens with zero attached hydrogens (tertiary/aromatic N) is 4. The van der Waals surface area contributed by atoms with Crippen LogP contribution in [0.3, 0.4) is 0 Å². The fourth-order valence-electron chi connectivity index (χ4n) is 5.47. The molecule has 1 spiro atoms. The van der Waals surface area contributed by atoms with Gasteiger partial charge in [0.05, 0.1) is 16.0 Å². The predicted molar refractivity (Wildman–Crippen MR) is 112 cm³/mol. The second-order valence-electron chi connectivity index (χ2n) is 9.10. The molecule has 4 rings (SSSR count). The number of anilines is 1. The highest BCUT2D eigenvalue weighted by atomic mass is 35.5. The lowest BCUT2D eigenvalue weighted by Gasteiger charge is -2.41. The van der Waals surface area contributed by atoms with Crippen molar-refractivity contribution in [3.05, 3.63) is 34.3 Å². The van der Waals surface area contributed by atoms with Crippen LogP contribution in [0.15, 0.2) is 12.3 Å². The Morgan fingerprint density at radius 3 is 2.61 bits per heavy atom. The van der Waals surface area contributed by atoms with Gasteiger partial charge in [-0.05, 0) is 51.0 Å². The molecule has 0 N–H and O–H groups in total. The molecule has 5 nitrogen and oxygen atoms in total. The average Bonchev–Trinajstić information content (AvgIpc) is 3.04. The first-order valence-corrected chi connectivity index (χ1v) is 11.2. The standard InChI is InChI=1S/C22H26ClF3N4O/c1-27-12-15-3-5-17(6-4-15)30-10-8-21(20(30)31)7-2-9-29(14-21)19-18(23)11-16(13-28-19)22(24,25)26/h11,13,15,17H,2-10,12,14H2/t15?,17?,21-/m1/s1. The Bertz CT molecular complexity index is 878. The van der Waals surface area contributed by atoms with E-state index in [4.69, 9.17) is 18.2 Å². The maximum atomic E-state index is 13.5. The summed E-state index contributed by atoms with van der Waals surface area (Å²) in [6, 6.07) is 1.15. The van der Waals surface area contributed by atoms with Gasteiger partial charge in [0.1, 0.15) is 5.82 Å². The molecule has 9 heteroatoms. The zero-order chi connectivity index (χ0) is 22.2. The Labute approximate surface area is 185 Å². The number of piperidine rings is 1. The van der Waals surface area contributed by atoms with Crippen LogP contribution in [0.4, 0.5) is 19.0 Å². The Kier molecular flexibility index (Phi) is 6.08. The average molecular weight is 455 g/mol. The van der Waals surface area contributed by atoms with Crippen molar-refractivity contribution in [3.8, 4) is 0 Å². The third kappa shape index (κ3) is 4.34. The van der Waals surface area contributed by atoms with E-state index < -0.39 is 17.2 Å². The first kappa shape index (κ1) is 22.2. The van der Waals surface area contributed by atoms with Crippen LogP contribution in [0.5, 0.6) is 0 Å². The summed E-state index contributed by atoms with van der Waals surface area (Å²) < 4.78 is 38.8. The van der Waals surface area contributed by atoms with Gasteiger partial charge in [-0.1, -0.05) is 11.6 Å². The molecule has 2 aliphatic heterocycles. The van der Waals surface area contributed by atoms with E-state index in [1.807, 2.05) is 9.80 Å². The summed E-state index contributed by atoms with van der Waals surface area (Å²) in [7, 11) is 0. The van der Waals surface area contributed by atoms with Gasteiger partial charge < -0.3 is 14.6 Å². The Balaban J connectivity index is 1.46. The maximum absolute atomic E-state index is 13.5. The van der Waals surface area contributed by atoms with Crippen LogP contribution in [0.1, 0.15) is 50.5 Å². The highest BCUT2D eigenvalue weighted by molar-refractivity contribution is 6.33. The first-order valence-electron chi connectivity index (χ1n) is 10.9. The molecule has 1 aromatic heterocycles. The second-order valence-corrected chi connectivity index (χ2v) is 9.50. The smallest absolute Gasteiger partial charge is 0.354 e. The number of halogens is 4. The molecule has 168 valence electrons. The minimum absolute atomic E-state index is 0.0349. The number of amides is 1. The fourth-order valence-corrected chi connectivity index (χ4v) is 5.76. The lowest BCUT2D eigenvalue weighted by molar-refractivity contribution is -0.139. The van der Waals surface area contributed by atoms with Crippen molar-refractivity contribution in [2.45, 2.75) is 57.2 Å². The van der Waals surface area contributed by atoms with Gasteiger partial charge in [-0.15, -0.1) is 0 Å². The number of hydrogen-bond acceptors (Lipinski definition) is 3. The fraction of sp³-hybridized carbons (Fsp3) is 0.682. The van der Waals surface area contributed by atoms with Gasteiger partial charge in [-0.3, -0.25) is 4.79 Å². The zero-order valence-corrected chi connectivity index (χ0v) is 18.1. The van der Waals surface area contributed by atoms with Crippen molar-refractivity contribution in [1.82, 2.24) is 9.88 Å². The lowest BCUT2D eigenvalue weighted by atomic mass is 9.78. The molecule has 0 radical (unpaired) electrons. The number of alkyl halides is 3. The molecule has 1 aliphatic carbocycles. The first-order chi connectivity index (χ1) is 14.7. The molecule has 3 aliphatic rings. The van der Waals surface area contributed by atoms with Gasteiger partial charge in [0.25, 0.3) is 0 Å². The van der Waals surface area contributed by atoms with Gasteiger partial charge in [-0.25, -0.2) is 11.6 Å². The van der Waals surface area contributed by atoms with Crippen LogP contribution in [0, 0.1) is 17.9 Å². The molecule has 1 saturated carbocycles. The third-order valence-electron chi connectivity index (χ3n) is 7.18. The Hall–Kier alpha value is -2.01. The molecule has 1 amide bonds. The maximum Gasteiger partial charge on any atom is 0.417 e. The topological polar surface area (TPSA) is 40.8 Å². The molecule has 0 aromatic carbocycles. The number of aromatic nitrogens is 1. The predicted octanol–water partition coefficient (Wildman–Crippen LogP) is 5.05. The van der Waals surface area contributed by atoms with Crippen molar-refractivity contribution in [2.75, 3.05) is 31.1 Å². The van der Waals surface area contributed by atoms with Crippen LogP contribution < -0.4 is 4.90 Å². The zero-order valence-electron chi connectivity index (χ0n) is 17.3. The summed E-state index contributed by atoms with van der Waals surface area (Å²) >= 11 is 6.17. The Morgan fingerprint density at radius 2 is 1.97 bits per heavy atom. The largest absolute Gasteiger partial charge is 0.417 e. The highest BCUT2D eigenvalue weighted by Crippen LogP contribution is 2.44. The normalized spacial score (nSPS) is 29.5. The van der Waals surface area contributed by atoms with Crippen LogP contribution in [-0.4, -0.2) is 48.0 Å². The van der Waals surface area contributed by atoms with E-state index in [1.54, 1.807) is 0 Å². The summed E-state index contributed by atoms with van der Waals surface area (Å²) in [5.41, 5.74) is -1.39. The summed E-state index contributed by atoms with van der Waals surface area (Å²) in [6.07, 6.45) is 2.49. The Morgan fingerprint density at radius 1 is 1.23 bits per heavy atom. The summed E-state index contributed by atoms with van der Waals surface area (Å²) in [5, 5.41) is -0.0349. The number of pyridine rings is 1. The van der Waals surface area contributed by atoms with Crippen LogP contribution in [0.2, 0.25) is 5.02 Å². The van der Waals surface area contributed by atoms with Crippen LogP contribution in [0.25, 0.3) is 4.85 Å². The van der Waals surface area contributed by atoms with E-state index in [1.165, 1.54) is 0 Å². The molecular formula is C22H26ClF3N4O. The van der Waals surface area contributed by atoms with E-state index in [2.05, 4.69) is 9.83 Å². The number of carbonyl (C=O) groups excluding carboxylic acids is 1. The second kappa shape index (κ2) is 8.50. The minimum Gasteiger partial charge on any atom is -0.354 e. The molecule has 3 fully saturated rings. The molecule has 0 unspecified atom stereocenters.